The second-order valence-corrected chi connectivity index (χ2v) is 20.6. The van der Waals surface area contributed by atoms with Gasteiger partial charge in [-0.3, -0.25) is 24.0 Å². The Hall–Kier alpha value is -6.29. The van der Waals surface area contributed by atoms with Crippen LogP contribution in [0.2, 0.25) is 0 Å². The Balaban J connectivity index is 2.76. The largest absolute Gasteiger partial charge is 0.456 e. The van der Waals surface area contributed by atoms with E-state index in [1.54, 1.807) is 65.1 Å². The van der Waals surface area contributed by atoms with Crippen LogP contribution < -0.4 is 21.3 Å². The van der Waals surface area contributed by atoms with Gasteiger partial charge in [-0.15, -0.1) is 0 Å². The summed E-state index contributed by atoms with van der Waals surface area (Å²) in [5.41, 5.74) is 0.0157. The van der Waals surface area contributed by atoms with Crippen molar-refractivity contribution in [2.45, 2.75) is 170 Å². The number of carbonyl (C=O) groups is 8. The van der Waals surface area contributed by atoms with Gasteiger partial charge in [-0.25, -0.2) is 19.2 Å². The number of rotatable bonds is 15. The minimum atomic E-state index is -1.66. The van der Waals surface area contributed by atoms with Crippen LogP contribution in [0.1, 0.15) is 127 Å². The molecule has 19 nitrogen and oxygen atoms in total. The van der Waals surface area contributed by atoms with Gasteiger partial charge in [0.2, 0.25) is 23.6 Å². The second-order valence-electron chi connectivity index (χ2n) is 20.6. The van der Waals surface area contributed by atoms with Crippen LogP contribution in [0.5, 0.6) is 0 Å². The van der Waals surface area contributed by atoms with Gasteiger partial charge in [0, 0.05) is 52.0 Å². The van der Waals surface area contributed by atoms with Gasteiger partial charge in [-0.2, -0.15) is 0 Å². The Labute approximate surface area is 440 Å². The van der Waals surface area contributed by atoms with Crippen molar-refractivity contribution in [1.29, 1.82) is 0 Å². The zero-order chi connectivity index (χ0) is 56.0. The molecule has 2 rings (SSSR count). The van der Waals surface area contributed by atoms with E-state index in [0.29, 0.717) is 29.8 Å². The topological polar surface area (TPSA) is 226 Å². The van der Waals surface area contributed by atoms with E-state index in [-0.39, 0.29) is 30.8 Å². The maximum absolute atomic E-state index is 14.4. The monoisotopic (exact) mass is 1030 g/mol. The number of amides is 6. The minimum absolute atomic E-state index is 0.0321. The predicted octanol–water partition coefficient (Wildman–Crippen LogP) is 6.03. The number of cyclic esters (lactones) is 2. The third-order valence-electron chi connectivity index (χ3n) is 13.5. The Bertz CT molecular complexity index is 2190. The maximum atomic E-state index is 14.4. The lowest BCUT2D eigenvalue weighted by Gasteiger charge is -2.35. The first-order valence-electron chi connectivity index (χ1n) is 25.9. The highest BCUT2D eigenvalue weighted by atomic mass is 16.6. The first kappa shape index (κ1) is 63.8. The Kier molecular flexibility index (Phi) is 26.6. The summed E-state index contributed by atoms with van der Waals surface area (Å²) < 4.78 is 18.2. The van der Waals surface area contributed by atoms with E-state index in [0.717, 1.165) is 37.1 Å². The number of hydrogen-bond acceptors (Lipinski definition) is 12. The average Bonchev–Trinajstić information content (AvgIpc) is 3.36. The number of likely N-dealkylation sites (N-methyl/N-ethyl adjacent to an activating group) is 2. The average molecular weight is 1040 g/mol. The van der Waals surface area contributed by atoms with Gasteiger partial charge < -0.3 is 50.2 Å². The first-order chi connectivity index (χ1) is 34.7. The molecule has 0 fully saturated rings. The van der Waals surface area contributed by atoms with E-state index in [2.05, 4.69) is 26.1 Å². The summed E-state index contributed by atoms with van der Waals surface area (Å²) in [6.45, 7) is 26.6. The van der Waals surface area contributed by atoms with Crippen LogP contribution >= 0.6 is 0 Å². The molecule has 74 heavy (non-hydrogen) atoms. The fourth-order valence-corrected chi connectivity index (χ4v) is 8.21. The fourth-order valence-electron chi connectivity index (χ4n) is 8.21. The molecule has 412 valence electrons. The van der Waals surface area contributed by atoms with Crippen LogP contribution in [0.15, 0.2) is 47.6 Å². The molecule has 8 atom stereocenters. The fraction of sp³-hybridized carbons (Fsp3) is 0.655. The highest BCUT2D eigenvalue weighted by Crippen LogP contribution is 2.28. The Morgan fingerprint density at radius 2 is 1.61 bits per heavy atom. The van der Waals surface area contributed by atoms with Gasteiger partial charge in [0.15, 0.2) is 11.8 Å². The molecule has 0 aliphatic carbocycles. The number of unbranched alkanes of at least 4 members (excludes halogenated alkanes) is 3. The molecule has 0 saturated carbocycles. The van der Waals surface area contributed by atoms with Gasteiger partial charge in [-0.05, 0) is 97.4 Å². The number of allylic oxidation sites excluding steroid dienone is 1. The molecule has 0 radical (unpaired) electrons. The molecular formula is C55H86N8O11. The van der Waals surface area contributed by atoms with E-state index < -0.39 is 108 Å². The van der Waals surface area contributed by atoms with Gasteiger partial charge in [0.1, 0.15) is 35.9 Å². The zero-order valence-electron chi connectivity index (χ0n) is 46.7. The van der Waals surface area contributed by atoms with Crippen molar-refractivity contribution in [2.24, 2.45) is 17.8 Å². The van der Waals surface area contributed by atoms with Gasteiger partial charge in [0.25, 0.3) is 5.91 Å². The highest BCUT2D eigenvalue weighted by Gasteiger charge is 2.41. The maximum Gasteiger partial charge on any atom is 0.409 e. The van der Waals surface area contributed by atoms with E-state index in [4.69, 9.17) is 20.8 Å². The molecule has 1 aromatic carbocycles. The summed E-state index contributed by atoms with van der Waals surface area (Å²) in [5.74, 6) is -6.38. The molecule has 4 N–H and O–H groups in total. The summed E-state index contributed by atoms with van der Waals surface area (Å²) in [5, 5.41) is 11.3. The molecule has 1 aliphatic heterocycles. The van der Waals surface area contributed by atoms with E-state index in [1.165, 1.54) is 57.7 Å². The van der Waals surface area contributed by atoms with Crippen LogP contribution in [0.3, 0.4) is 0 Å². The normalized spacial score (nSPS) is 24.9. The molecule has 1 aromatic rings. The number of carbonyl (C=O) groups excluding carboxylic acids is 8. The Morgan fingerprint density at radius 1 is 0.973 bits per heavy atom. The number of hydrogen-bond donors (Lipinski definition) is 4. The number of ether oxygens (including phenoxy) is 3. The predicted molar refractivity (Wildman–Crippen MR) is 283 cm³/mol. The zero-order valence-corrected chi connectivity index (χ0v) is 46.7. The Morgan fingerprint density at radius 3 is 2.19 bits per heavy atom. The lowest BCUT2D eigenvalue weighted by molar-refractivity contribution is -0.160. The number of benzene rings is 1. The highest BCUT2D eigenvalue weighted by molar-refractivity contribution is 5.96. The molecular weight excluding hydrogens is 949 g/mol. The summed E-state index contributed by atoms with van der Waals surface area (Å²) >= 11 is 0. The summed E-state index contributed by atoms with van der Waals surface area (Å²) in [6, 6.07) is 2.88. The molecule has 1 heterocycles. The molecule has 1 unspecified atom stereocenters. The van der Waals surface area contributed by atoms with Crippen LogP contribution in [0.25, 0.3) is 4.85 Å². The SMILES string of the molecule is [C-]#[N+]c1ccc(C[C@@H]2C(=O)N(C)CC(=O)N[C@@H](C(C)CC)C(=O)NC(C)(C)C(=O)O[C@H](/C(C)=C/C)[C@@H](C)[C@@H](OC(=O)N(C)CCCCCCNC)C/C=C(\C)C(=O)O[C@H](CC(C)C)C(=O)N[C@@H](C)C(=O)N2C)cc1. The molecule has 0 saturated heterocycles. The quantitative estimate of drug-likeness (QED) is 0.0519. The molecule has 0 spiro atoms. The summed E-state index contributed by atoms with van der Waals surface area (Å²) in [6.07, 6.45) is 3.46. The molecule has 1 aliphatic rings. The van der Waals surface area contributed by atoms with E-state index >= 15 is 0 Å². The smallest absolute Gasteiger partial charge is 0.409 e. The molecule has 0 bridgehead atoms. The van der Waals surface area contributed by atoms with Crippen LogP contribution in [0, 0.1) is 24.3 Å². The summed E-state index contributed by atoms with van der Waals surface area (Å²) in [7, 11) is 6.32. The van der Waals surface area contributed by atoms with Crippen molar-refractivity contribution in [3.63, 3.8) is 0 Å². The van der Waals surface area contributed by atoms with Crippen LogP contribution in [-0.2, 0) is 54.2 Å². The molecule has 6 amide bonds. The van der Waals surface area contributed by atoms with Gasteiger partial charge in [-0.1, -0.05) is 90.3 Å². The minimum Gasteiger partial charge on any atom is -0.456 e. The third-order valence-corrected chi connectivity index (χ3v) is 13.5. The van der Waals surface area contributed by atoms with E-state index in [9.17, 15) is 38.4 Å². The van der Waals surface area contributed by atoms with Crippen molar-refractivity contribution >= 4 is 53.3 Å². The first-order valence-corrected chi connectivity index (χ1v) is 25.9. The molecule has 19 heteroatoms. The third kappa shape index (κ3) is 19.9. The number of esters is 2. The van der Waals surface area contributed by atoms with Crippen LogP contribution in [0.4, 0.5) is 10.5 Å². The van der Waals surface area contributed by atoms with Crippen LogP contribution in [-0.4, -0.2) is 152 Å². The van der Waals surface area contributed by atoms with Gasteiger partial charge in [0.05, 0.1) is 13.1 Å². The molecule has 0 aromatic heterocycles. The lowest BCUT2D eigenvalue weighted by atomic mass is 9.90. The summed E-state index contributed by atoms with van der Waals surface area (Å²) in [4.78, 5) is 120. The van der Waals surface area contributed by atoms with Crippen molar-refractivity contribution < 1.29 is 52.6 Å². The van der Waals surface area contributed by atoms with Crippen molar-refractivity contribution in [3.05, 3.63) is 64.5 Å². The number of nitrogens with zero attached hydrogens (tertiary/aromatic N) is 4. The van der Waals surface area contributed by atoms with Gasteiger partial charge >= 0.3 is 18.0 Å². The van der Waals surface area contributed by atoms with Crippen molar-refractivity contribution in [2.75, 3.05) is 47.8 Å². The van der Waals surface area contributed by atoms with Crippen molar-refractivity contribution in [3.8, 4) is 0 Å². The number of nitrogens with one attached hydrogen (secondary N) is 4. The standard InChI is InChI=1S/C55H86N8O11/c1-17-35(5)46-49(66)60-55(10,11)53(70)74-47(36(6)18-2)38(8)43(73-54(71)61(14)30-22-20-19-21-29-56-12)28-23-37(7)52(69)72-44(31-34(3)4)48(65)58-39(9)50(67)63(16)42(51(68)62(15)33-45(64)59-46)32-40-24-26-41(57-13)27-25-40/h18,23-27,34-35,38-39,42-44,46-47,56H,17,19-22,28-33H2,1-12,14-16H3,(H,58,65)(H,59,64)(H,60,66)/b36-18+,37-23+/t35?,38-,39-,42+,43-,44+,46-,47+/m0/s1. The lowest BCUT2D eigenvalue weighted by Crippen LogP contribution is -2.60. The second kappa shape index (κ2) is 30.8. The van der Waals surface area contributed by atoms with Crippen molar-refractivity contribution in [1.82, 2.24) is 36.0 Å². The van der Waals surface area contributed by atoms with E-state index in [1.807, 2.05) is 27.8 Å².